The number of halogens is 1. The lowest BCUT2D eigenvalue weighted by atomic mass is 9.92. The SMILES string of the molecule is COc1ccc(CCC(=O)Nc2c(C(C)C)cccc2C(C)C)cc1F. The predicted octanol–water partition coefficient (Wildman–Crippen LogP) is 5.65. The Bertz CT molecular complexity index is 742. The zero-order chi connectivity index (χ0) is 19.3. The van der Waals surface area contributed by atoms with Gasteiger partial charge in [0.25, 0.3) is 0 Å². The maximum absolute atomic E-state index is 13.8. The minimum absolute atomic E-state index is 0.0590. The summed E-state index contributed by atoms with van der Waals surface area (Å²) < 4.78 is 18.7. The van der Waals surface area contributed by atoms with Crippen molar-refractivity contribution in [2.24, 2.45) is 0 Å². The van der Waals surface area contributed by atoms with Gasteiger partial charge in [0.15, 0.2) is 11.6 Å². The molecule has 0 saturated heterocycles. The van der Waals surface area contributed by atoms with Crippen molar-refractivity contribution in [2.45, 2.75) is 52.4 Å². The Labute approximate surface area is 155 Å². The summed E-state index contributed by atoms with van der Waals surface area (Å²) in [6.07, 6.45) is 0.781. The number of aryl methyl sites for hydroxylation is 1. The van der Waals surface area contributed by atoms with Crippen molar-refractivity contribution in [3.05, 3.63) is 58.9 Å². The van der Waals surface area contributed by atoms with Crippen LogP contribution in [0, 0.1) is 5.82 Å². The highest BCUT2D eigenvalue weighted by molar-refractivity contribution is 5.92. The standard InChI is InChI=1S/C22H28FNO2/c1-14(2)17-7-6-8-18(15(3)4)22(17)24-21(25)12-10-16-9-11-20(26-5)19(23)13-16/h6-9,11,13-15H,10,12H2,1-5H3,(H,24,25). The van der Waals surface area contributed by atoms with Crippen LogP contribution in [0.25, 0.3) is 0 Å². The maximum atomic E-state index is 13.8. The van der Waals surface area contributed by atoms with Crippen LogP contribution < -0.4 is 10.1 Å². The highest BCUT2D eigenvalue weighted by Gasteiger charge is 2.16. The van der Waals surface area contributed by atoms with Gasteiger partial charge in [-0.25, -0.2) is 4.39 Å². The van der Waals surface area contributed by atoms with Crippen LogP contribution in [-0.4, -0.2) is 13.0 Å². The van der Waals surface area contributed by atoms with Crippen LogP contribution in [0.5, 0.6) is 5.75 Å². The van der Waals surface area contributed by atoms with Gasteiger partial charge < -0.3 is 10.1 Å². The van der Waals surface area contributed by atoms with E-state index in [2.05, 4.69) is 45.1 Å². The van der Waals surface area contributed by atoms with Gasteiger partial charge in [0.05, 0.1) is 7.11 Å². The second-order valence-electron chi connectivity index (χ2n) is 7.14. The minimum Gasteiger partial charge on any atom is -0.494 e. The average molecular weight is 357 g/mol. The third kappa shape index (κ3) is 4.84. The Kier molecular flexibility index (Phi) is 6.78. The quantitative estimate of drug-likeness (QED) is 0.695. The topological polar surface area (TPSA) is 38.3 Å². The van der Waals surface area contributed by atoms with E-state index in [9.17, 15) is 9.18 Å². The summed E-state index contributed by atoms with van der Waals surface area (Å²) in [6, 6.07) is 11.0. The summed E-state index contributed by atoms with van der Waals surface area (Å²) in [5, 5.41) is 3.09. The van der Waals surface area contributed by atoms with Crippen LogP contribution in [0.15, 0.2) is 36.4 Å². The zero-order valence-electron chi connectivity index (χ0n) is 16.2. The van der Waals surface area contributed by atoms with Crippen LogP contribution >= 0.6 is 0 Å². The van der Waals surface area contributed by atoms with Crippen LogP contribution in [0.2, 0.25) is 0 Å². The first-order valence-corrected chi connectivity index (χ1v) is 9.08. The monoisotopic (exact) mass is 357 g/mol. The summed E-state index contributed by atoms with van der Waals surface area (Å²) in [6.45, 7) is 8.48. The molecule has 0 aliphatic heterocycles. The molecule has 3 nitrogen and oxygen atoms in total. The van der Waals surface area contributed by atoms with E-state index in [-0.39, 0.29) is 11.7 Å². The van der Waals surface area contributed by atoms with Gasteiger partial charge >= 0.3 is 0 Å². The summed E-state index contributed by atoms with van der Waals surface area (Å²) >= 11 is 0. The van der Waals surface area contributed by atoms with Crippen molar-refractivity contribution >= 4 is 11.6 Å². The fourth-order valence-electron chi connectivity index (χ4n) is 3.02. The van der Waals surface area contributed by atoms with Gasteiger partial charge in [-0.05, 0) is 47.1 Å². The van der Waals surface area contributed by atoms with Gasteiger partial charge in [0.1, 0.15) is 0 Å². The molecule has 0 atom stereocenters. The molecule has 1 N–H and O–H groups in total. The molecule has 0 aliphatic rings. The first kappa shape index (κ1) is 20.0. The van der Waals surface area contributed by atoms with E-state index in [0.717, 1.165) is 22.4 Å². The average Bonchev–Trinajstić information content (AvgIpc) is 2.59. The lowest BCUT2D eigenvalue weighted by Gasteiger charge is -2.20. The van der Waals surface area contributed by atoms with Crippen molar-refractivity contribution in [3.63, 3.8) is 0 Å². The van der Waals surface area contributed by atoms with E-state index >= 15 is 0 Å². The molecular weight excluding hydrogens is 329 g/mol. The smallest absolute Gasteiger partial charge is 0.224 e. The number of carbonyl (C=O) groups is 1. The van der Waals surface area contributed by atoms with E-state index in [0.29, 0.717) is 24.7 Å². The Hall–Kier alpha value is -2.36. The number of benzene rings is 2. The second-order valence-corrected chi connectivity index (χ2v) is 7.14. The number of hydrogen-bond donors (Lipinski definition) is 1. The Morgan fingerprint density at radius 3 is 2.19 bits per heavy atom. The highest BCUT2D eigenvalue weighted by atomic mass is 19.1. The first-order valence-electron chi connectivity index (χ1n) is 9.08. The number of ether oxygens (including phenoxy) is 1. The van der Waals surface area contributed by atoms with Gasteiger partial charge in [-0.3, -0.25) is 4.79 Å². The largest absolute Gasteiger partial charge is 0.494 e. The molecule has 0 fully saturated rings. The number of hydrogen-bond acceptors (Lipinski definition) is 2. The lowest BCUT2D eigenvalue weighted by Crippen LogP contribution is -2.16. The van der Waals surface area contributed by atoms with Gasteiger partial charge in [0.2, 0.25) is 5.91 Å². The molecule has 0 bridgehead atoms. The second kappa shape index (κ2) is 8.84. The van der Waals surface area contributed by atoms with E-state index < -0.39 is 5.82 Å². The molecule has 0 radical (unpaired) electrons. The van der Waals surface area contributed by atoms with Gasteiger partial charge in [-0.2, -0.15) is 0 Å². The molecule has 26 heavy (non-hydrogen) atoms. The molecule has 0 spiro atoms. The number of nitrogens with one attached hydrogen (secondary N) is 1. The molecule has 0 heterocycles. The van der Waals surface area contributed by atoms with Crippen LogP contribution in [-0.2, 0) is 11.2 Å². The molecule has 1 amide bonds. The van der Waals surface area contributed by atoms with Gasteiger partial charge in [-0.1, -0.05) is 52.0 Å². The number of methoxy groups -OCH3 is 1. The number of anilines is 1. The predicted molar refractivity (Wildman–Crippen MR) is 105 cm³/mol. The molecule has 0 aliphatic carbocycles. The number of amides is 1. The van der Waals surface area contributed by atoms with E-state index in [1.54, 1.807) is 12.1 Å². The summed E-state index contributed by atoms with van der Waals surface area (Å²) in [5.74, 6) is 0.388. The molecule has 140 valence electrons. The van der Waals surface area contributed by atoms with Gasteiger partial charge in [0, 0.05) is 12.1 Å². The van der Waals surface area contributed by atoms with Crippen molar-refractivity contribution in [2.75, 3.05) is 12.4 Å². The third-order valence-corrected chi connectivity index (χ3v) is 4.49. The molecule has 2 aromatic carbocycles. The van der Waals surface area contributed by atoms with E-state index in [4.69, 9.17) is 4.74 Å². The minimum atomic E-state index is -0.405. The number of carbonyl (C=O) groups excluding carboxylic acids is 1. The fourth-order valence-corrected chi connectivity index (χ4v) is 3.02. The molecule has 0 saturated carbocycles. The van der Waals surface area contributed by atoms with E-state index in [1.807, 2.05) is 6.07 Å². The summed E-state index contributed by atoms with van der Waals surface area (Å²) in [4.78, 5) is 12.5. The molecule has 2 aromatic rings. The molecule has 4 heteroatoms. The molecule has 0 unspecified atom stereocenters. The Balaban J connectivity index is 2.11. The number of rotatable bonds is 7. The summed E-state index contributed by atoms with van der Waals surface area (Å²) in [5.41, 5.74) is 3.98. The van der Waals surface area contributed by atoms with Crippen LogP contribution in [0.1, 0.15) is 62.6 Å². The normalized spacial score (nSPS) is 11.1. The molecule has 0 aromatic heterocycles. The maximum Gasteiger partial charge on any atom is 0.224 e. The third-order valence-electron chi connectivity index (χ3n) is 4.49. The van der Waals surface area contributed by atoms with Crippen LogP contribution in [0.3, 0.4) is 0 Å². The van der Waals surface area contributed by atoms with Crippen LogP contribution in [0.4, 0.5) is 10.1 Å². The lowest BCUT2D eigenvalue weighted by molar-refractivity contribution is -0.116. The summed E-state index contributed by atoms with van der Waals surface area (Å²) in [7, 11) is 1.43. The fraction of sp³-hybridized carbons (Fsp3) is 0.409. The first-order chi connectivity index (χ1) is 12.3. The van der Waals surface area contributed by atoms with Crippen molar-refractivity contribution < 1.29 is 13.9 Å². The van der Waals surface area contributed by atoms with Crippen molar-refractivity contribution in [1.82, 2.24) is 0 Å². The Morgan fingerprint density at radius 2 is 1.69 bits per heavy atom. The van der Waals surface area contributed by atoms with Gasteiger partial charge in [-0.15, -0.1) is 0 Å². The Morgan fingerprint density at radius 1 is 1.08 bits per heavy atom. The van der Waals surface area contributed by atoms with E-state index in [1.165, 1.54) is 13.2 Å². The molecule has 2 rings (SSSR count). The highest BCUT2D eigenvalue weighted by Crippen LogP contribution is 2.32. The van der Waals surface area contributed by atoms with Crippen molar-refractivity contribution in [3.8, 4) is 5.75 Å². The molecular formula is C22H28FNO2. The zero-order valence-corrected chi connectivity index (χ0v) is 16.2. The van der Waals surface area contributed by atoms with Crippen molar-refractivity contribution in [1.29, 1.82) is 0 Å². The number of para-hydroxylation sites is 1.